The molecule has 1 aliphatic heterocycles. The maximum absolute atomic E-state index is 10.4. The van der Waals surface area contributed by atoms with Crippen molar-refractivity contribution in [3.8, 4) is 11.9 Å². The average Bonchev–Trinajstić information content (AvgIpc) is 3.72. The number of benzene rings is 1. The number of rotatable bonds is 3. The van der Waals surface area contributed by atoms with Crippen LogP contribution in [0.3, 0.4) is 0 Å². The van der Waals surface area contributed by atoms with Crippen LogP contribution in [0.4, 0.5) is 5.82 Å². The summed E-state index contributed by atoms with van der Waals surface area (Å²) in [6.45, 7) is 1.47. The highest BCUT2D eigenvalue weighted by atomic mass is 16.3. The van der Waals surface area contributed by atoms with E-state index in [0.29, 0.717) is 12.4 Å². The molecule has 3 saturated carbocycles. The van der Waals surface area contributed by atoms with E-state index >= 15 is 0 Å². The van der Waals surface area contributed by atoms with Gasteiger partial charge in [-0.15, -0.1) is 0 Å². The molecule has 0 radical (unpaired) electrons. The van der Waals surface area contributed by atoms with Crippen LogP contribution in [0.15, 0.2) is 36.8 Å². The molecule has 7 rings (SSSR count). The van der Waals surface area contributed by atoms with E-state index < -0.39 is 0 Å². The lowest BCUT2D eigenvalue weighted by Crippen LogP contribution is -2.22. The first-order valence-electron chi connectivity index (χ1n) is 10.7. The number of fused-ring (bicyclic) bond motifs is 1. The summed E-state index contributed by atoms with van der Waals surface area (Å²) in [5, 5.41) is 25.9. The van der Waals surface area contributed by atoms with Crippen molar-refractivity contribution >= 4 is 16.7 Å². The number of β-amino-alcohol motifs (C(OH)–C–C–N with tert-alkyl or cyclic N) is 1. The fourth-order valence-corrected chi connectivity index (χ4v) is 5.72. The van der Waals surface area contributed by atoms with Gasteiger partial charge in [-0.05, 0) is 49.1 Å². The van der Waals surface area contributed by atoms with Crippen LogP contribution in [0.5, 0.6) is 0 Å². The molecule has 1 aromatic carbocycles. The molecule has 1 N–H and O–H groups in total. The van der Waals surface area contributed by atoms with Crippen molar-refractivity contribution < 1.29 is 5.11 Å². The van der Waals surface area contributed by atoms with Gasteiger partial charge in [0.05, 0.1) is 29.3 Å². The Morgan fingerprint density at radius 2 is 1.93 bits per heavy atom. The minimum Gasteiger partial charge on any atom is -0.391 e. The molecule has 30 heavy (non-hydrogen) atoms. The maximum atomic E-state index is 10.4. The zero-order valence-electron chi connectivity index (χ0n) is 16.6. The Balaban J connectivity index is 1.28. The predicted molar refractivity (Wildman–Crippen MR) is 110 cm³/mol. The lowest BCUT2D eigenvalue weighted by atomic mass is 9.93. The third-order valence-corrected chi connectivity index (χ3v) is 8.17. The quantitative estimate of drug-likeness (QED) is 0.730. The number of aliphatic hydroxyl groups excluding tert-OH is 1. The topological polar surface area (TPSA) is 90.9 Å². The highest BCUT2D eigenvalue weighted by Crippen LogP contribution is 2.78. The average molecular weight is 398 g/mol. The van der Waals surface area contributed by atoms with Crippen LogP contribution in [0.25, 0.3) is 16.7 Å². The Morgan fingerprint density at radius 1 is 1.10 bits per heavy atom. The molecule has 4 aliphatic rings. The van der Waals surface area contributed by atoms with Gasteiger partial charge in [-0.3, -0.25) is 0 Å². The van der Waals surface area contributed by atoms with Gasteiger partial charge < -0.3 is 10.0 Å². The summed E-state index contributed by atoms with van der Waals surface area (Å²) in [6, 6.07) is 10.9. The molecule has 4 fully saturated rings. The standard InChI is InChI=1S/C23H22N6O/c24-12-23(11-22(23)5-6-22)16-2-1-15-9-27-29(17(15)7-16)20-8-19(25-14-26-20)28-10-18(30)21(13-28)3-4-21/h1-2,7-9,14,18,30H,3-6,10-11,13H2/t18-,23-/m1/s1. The Bertz CT molecular complexity index is 1250. The summed E-state index contributed by atoms with van der Waals surface area (Å²) >= 11 is 0. The molecule has 3 aliphatic carbocycles. The van der Waals surface area contributed by atoms with Gasteiger partial charge in [0.1, 0.15) is 12.1 Å². The van der Waals surface area contributed by atoms with Gasteiger partial charge in [0, 0.05) is 30.0 Å². The summed E-state index contributed by atoms with van der Waals surface area (Å²) in [4.78, 5) is 11.1. The smallest absolute Gasteiger partial charge is 0.159 e. The van der Waals surface area contributed by atoms with Crippen LogP contribution in [0.1, 0.15) is 37.7 Å². The second-order valence-corrected chi connectivity index (χ2v) is 9.80. The number of nitrogens with zero attached hydrogens (tertiary/aromatic N) is 6. The third kappa shape index (κ3) is 2.04. The van der Waals surface area contributed by atoms with E-state index in [4.69, 9.17) is 0 Å². The molecule has 3 heterocycles. The maximum Gasteiger partial charge on any atom is 0.159 e. The van der Waals surface area contributed by atoms with Gasteiger partial charge in [0.2, 0.25) is 0 Å². The molecule has 7 nitrogen and oxygen atoms in total. The normalized spacial score (nSPS) is 29.5. The van der Waals surface area contributed by atoms with Crippen molar-refractivity contribution in [1.29, 1.82) is 5.26 Å². The highest BCUT2D eigenvalue weighted by molar-refractivity contribution is 5.82. The Morgan fingerprint density at radius 3 is 2.63 bits per heavy atom. The Kier molecular flexibility index (Phi) is 2.90. The number of anilines is 1. The van der Waals surface area contributed by atoms with Gasteiger partial charge in [0.15, 0.2) is 5.82 Å². The van der Waals surface area contributed by atoms with Crippen LogP contribution in [-0.4, -0.2) is 44.0 Å². The minimum absolute atomic E-state index is 0.0764. The number of hydrogen-bond acceptors (Lipinski definition) is 6. The molecule has 150 valence electrons. The first-order chi connectivity index (χ1) is 14.6. The fourth-order valence-electron chi connectivity index (χ4n) is 5.72. The van der Waals surface area contributed by atoms with Crippen molar-refractivity contribution in [3.05, 3.63) is 42.4 Å². The second kappa shape index (κ2) is 5.19. The van der Waals surface area contributed by atoms with Crippen LogP contribution < -0.4 is 4.90 Å². The van der Waals surface area contributed by atoms with Crippen molar-refractivity contribution in [2.75, 3.05) is 18.0 Å². The lowest BCUT2D eigenvalue weighted by molar-refractivity contribution is 0.136. The van der Waals surface area contributed by atoms with Gasteiger partial charge >= 0.3 is 0 Å². The third-order valence-electron chi connectivity index (χ3n) is 8.17. The number of hydrogen-bond donors (Lipinski definition) is 1. The molecule has 2 atom stereocenters. The van der Waals surface area contributed by atoms with Crippen molar-refractivity contribution in [2.45, 2.75) is 43.6 Å². The van der Waals surface area contributed by atoms with E-state index in [1.807, 2.05) is 16.9 Å². The van der Waals surface area contributed by atoms with E-state index in [1.165, 1.54) is 0 Å². The minimum atomic E-state index is -0.322. The van der Waals surface area contributed by atoms with Crippen LogP contribution >= 0.6 is 0 Å². The van der Waals surface area contributed by atoms with Gasteiger partial charge in [-0.1, -0.05) is 12.1 Å². The Labute approximate surface area is 174 Å². The van der Waals surface area contributed by atoms with E-state index in [2.05, 4.69) is 44.2 Å². The van der Waals surface area contributed by atoms with E-state index in [0.717, 1.165) is 60.9 Å². The molecular formula is C23H22N6O. The molecule has 3 aromatic rings. The number of aromatic nitrogens is 4. The number of nitriles is 1. The predicted octanol–water partition coefficient (Wildman–Crippen LogP) is 2.72. The molecule has 0 amide bonds. The van der Waals surface area contributed by atoms with Crippen molar-refractivity contribution in [1.82, 2.24) is 19.7 Å². The second-order valence-electron chi connectivity index (χ2n) is 9.80. The summed E-state index contributed by atoms with van der Waals surface area (Å²) in [6.07, 6.45) is 8.63. The fraction of sp³-hybridized carbons (Fsp3) is 0.478. The largest absolute Gasteiger partial charge is 0.391 e. The van der Waals surface area contributed by atoms with Gasteiger partial charge in [-0.25, -0.2) is 14.6 Å². The molecule has 2 spiro atoms. The zero-order chi connectivity index (χ0) is 20.1. The monoisotopic (exact) mass is 398 g/mol. The molecule has 2 aromatic heterocycles. The summed E-state index contributed by atoms with van der Waals surface area (Å²) in [7, 11) is 0. The first-order valence-corrected chi connectivity index (χ1v) is 10.7. The van der Waals surface area contributed by atoms with Crippen LogP contribution in [-0.2, 0) is 5.41 Å². The molecule has 1 saturated heterocycles. The van der Waals surface area contributed by atoms with Gasteiger partial charge in [-0.2, -0.15) is 10.4 Å². The lowest BCUT2D eigenvalue weighted by Gasteiger charge is -2.17. The van der Waals surface area contributed by atoms with E-state index in [1.54, 1.807) is 6.33 Å². The summed E-state index contributed by atoms with van der Waals surface area (Å²) in [5.41, 5.74) is 2.06. The number of aliphatic hydroxyl groups is 1. The summed E-state index contributed by atoms with van der Waals surface area (Å²) < 4.78 is 1.84. The van der Waals surface area contributed by atoms with E-state index in [-0.39, 0.29) is 22.3 Å². The molecular weight excluding hydrogens is 376 g/mol. The van der Waals surface area contributed by atoms with Crippen molar-refractivity contribution in [2.24, 2.45) is 10.8 Å². The zero-order valence-corrected chi connectivity index (χ0v) is 16.6. The van der Waals surface area contributed by atoms with Crippen LogP contribution in [0, 0.1) is 22.2 Å². The highest BCUT2D eigenvalue weighted by Gasteiger charge is 2.75. The summed E-state index contributed by atoms with van der Waals surface area (Å²) in [5.74, 6) is 1.54. The van der Waals surface area contributed by atoms with E-state index in [9.17, 15) is 10.4 Å². The van der Waals surface area contributed by atoms with Crippen molar-refractivity contribution in [3.63, 3.8) is 0 Å². The molecule has 0 bridgehead atoms. The van der Waals surface area contributed by atoms with Gasteiger partial charge in [0.25, 0.3) is 0 Å². The Hall–Kier alpha value is -2.98. The first kappa shape index (κ1) is 16.8. The van der Waals surface area contributed by atoms with Crippen LogP contribution in [0.2, 0.25) is 0 Å². The molecule has 7 heteroatoms. The molecule has 0 unspecified atom stereocenters. The SMILES string of the molecule is N#C[C@@]1(c2ccc3cnn(-c4cc(N5C[C@@H](O)C6(CC6)C5)ncn4)c3c2)CC12CC2.